The van der Waals surface area contributed by atoms with Crippen molar-refractivity contribution in [2.24, 2.45) is 0 Å². The second-order valence-electron chi connectivity index (χ2n) is 5.84. The number of aromatic nitrogens is 2. The van der Waals surface area contributed by atoms with E-state index < -0.39 is 5.63 Å². The molecule has 0 saturated carbocycles. The van der Waals surface area contributed by atoms with Crippen LogP contribution in [0.4, 0.5) is 0 Å². The van der Waals surface area contributed by atoms with Crippen LogP contribution in [-0.2, 0) is 17.8 Å². The highest BCUT2D eigenvalue weighted by Crippen LogP contribution is 2.30. The Morgan fingerprint density at radius 2 is 2.12 bits per heavy atom. The molecule has 26 heavy (non-hydrogen) atoms. The maximum Gasteiger partial charge on any atom is 0.336 e. The number of carbonyl (C=O) groups is 1. The molecule has 3 rings (SSSR count). The van der Waals surface area contributed by atoms with E-state index in [0.29, 0.717) is 23.4 Å². The van der Waals surface area contributed by atoms with Crippen LogP contribution in [0.15, 0.2) is 46.0 Å². The second kappa shape index (κ2) is 7.77. The molecule has 2 aromatic heterocycles. The van der Waals surface area contributed by atoms with Gasteiger partial charge >= 0.3 is 5.63 Å². The van der Waals surface area contributed by atoms with Crippen molar-refractivity contribution in [1.29, 1.82) is 0 Å². The summed E-state index contributed by atoms with van der Waals surface area (Å²) in [6.45, 7) is 3.95. The van der Waals surface area contributed by atoms with Gasteiger partial charge in [-0.1, -0.05) is 6.92 Å². The van der Waals surface area contributed by atoms with Crippen molar-refractivity contribution in [3.63, 3.8) is 0 Å². The maximum absolute atomic E-state index is 12.1. The fourth-order valence-corrected chi connectivity index (χ4v) is 2.67. The monoisotopic (exact) mass is 353 g/mol. The third kappa shape index (κ3) is 4.05. The molecule has 0 aliphatic heterocycles. The fraction of sp³-hybridized carbons (Fsp3) is 0.263. The van der Waals surface area contributed by atoms with Crippen molar-refractivity contribution < 1.29 is 13.9 Å². The summed E-state index contributed by atoms with van der Waals surface area (Å²) in [4.78, 5) is 31.8. The number of ether oxygens (including phenoxy) is 1. The normalized spacial score (nSPS) is 10.7. The Morgan fingerprint density at radius 3 is 2.85 bits per heavy atom. The van der Waals surface area contributed by atoms with Crippen molar-refractivity contribution in [2.75, 3.05) is 6.61 Å². The summed E-state index contributed by atoms with van der Waals surface area (Å²) in [5, 5.41) is 3.45. The van der Waals surface area contributed by atoms with Crippen molar-refractivity contribution in [3.8, 4) is 5.75 Å². The van der Waals surface area contributed by atoms with Crippen LogP contribution in [-0.4, -0.2) is 22.5 Å². The minimum Gasteiger partial charge on any atom is -0.483 e. The molecule has 0 unspecified atom stereocenters. The predicted molar refractivity (Wildman–Crippen MR) is 96.0 cm³/mol. The van der Waals surface area contributed by atoms with Gasteiger partial charge in [0.2, 0.25) is 0 Å². The van der Waals surface area contributed by atoms with Crippen molar-refractivity contribution in [1.82, 2.24) is 15.3 Å². The molecule has 7 heteroatoms. The van der Waals surface area contributed by atoms with E-state index in [1.54, 1.807) is 24.7 Å². The van der Waals surface area contributed by atoms with E-state index in [2.05, 4.69) is 15.3 Å². The zero-order valence-corrected chi connectivity index (χ0v) is 14.6. The Labute approximate surface area is 150 Å². The number of benzene rings is 1. The molecule has 0 aliphatic carbocycles. The number of nitrogens with one attached hydrogen (secondary N) is 1. The van der Waals surface area contributed by atoms with Crippen LogP contribution in [0.2, 0.25) is 0 Å². The van der Waals surface area contributed by atoms with Gasteiger partial charge in [0, 0.05) is 18.5 Å². The lowest BCUT2D eigenvalue weighted by molar-refractivity contribution is -0.123. The number of rotatable bonds is 6. The molecule has 1 aromatic carbocycles. The average Bonchev–Trinajstić information content (AvgIpc) is 2.64. The van der Waals surface area contributed by atoms with Crippen LogP contribution in [0.5, 0.6) is 5.75 Å². The first-order valence-corrected chi connectivity index (χ1v) is 8.28. The van der Waals surface area contributed by atoms with E-state index in [1.165, 1.54) is 6.07 Å². The molecular formula is C19H19N3O4. The number of nitrogens with zero attached hydrogens (tertiary/aromatic N) is 2. The lowest BCUT2D eigenvalue weighted by atomic mass is 10.1. The minimum atomic E-state index is -0.396. The fourth-order valence-electron chi connectivity index (χ4n) is 2.67. The molecule has 0 radical (unpaired) electrons. The van der Waals surface area contributed by atoms with E-state index in [4.69, 9.17) is 9.15 Å². The van der Waals surface area contributed by atoms with Crippen LogP contribution in [0.25, 0.3) is 11.0 Å². The summed E-state index contributed by atoms with van der Waals surface area (Å²) in [7, 11) is 0. The first-order chi connectivity index (χ1) is 12.6. The molecule has 0 bridgehead atoms. The topological polar surface area (TPSA) is 94.3 Å². The molecule has 7 nitrogen and oxygen atoms in total. The van der Waals surface area contributed by atoms with Crippen LogP contribution < -0.4 is 15.7 Å². The van der Waals surface area contributed by atoms with E-state index >= 15 is 0 Å². The van der Waals surface area contributed by atoms with Gasteiger partial charge < -0.3 is 14.5 Å². The lowest BCUT2D eigenvalue weighted by Gasteiger charge is -2.12. The van der Waals surface area contributed by atoms with Crippen molar-refractivity contribution in [2.45, 2.75) is 26.8 Å². The maximum atomic E-state index is 12.1. The molecule has 134 valence electrons. The van der Waals surface area contributed by atoms with Gasteiger partial charge in [-0.3, -0.25) is 14.8 Å². The Balaban J connectivity index is 1.76. The smallest absolute Gasteiger partial charge is 0.336 e. The first kappa shape index (κ1) is 17.6. The van der Waals surface area contributed by atoms with Crippen LogP contribution in [0.3, 0.4) is 0 Å². The summed E-state index contributed by atoms with van der Waals surface area (Å²) >= 11 is 0. The third-order valence-electron chi connectivity index (χ3n) is 3.86. The molecule has 0 saturated heterocycles. The summed E-state index contributed by atoms with van der Waals surface area (Å²) in [6.07, 6.45) is 5.38. The SMILES string of the molecule is CCc1cc(=O)oc2cc(C)cc(OCC(=O)NCc3cnccn3)c12. The van der Waals surface area contributed by atoms with Gasteiger partial charge in [0.25, 0.3) is 5.91 Å². The molecule has 0 fully saturated rings. The molecule has 3 aromatic rings. The van der Waals surface area contributed by atoms with Gasteiger partial charge in [-0.15, -0.1) is 0 Å². The Bertz CT molecular complexity index is 983. The summed E-state index contributed by atoms with van der Waals surface area (Å²) in [5.41, 5.74) is 2.43. The number of hydrogen-bond acceptors (Lipinski definition) is 6. The van der Waals surface area contributed by atoms with Crippen molar-refractivity contribution >= 4 is 16.9 Å². The number of amides is 1. The van der Waals surface area contributed by atoms with Crippen LogP contribution >= 0.6 is 0 Å². The number of fused-ring (bicyclic) bond motifs is 1. The summed E-state index contributed by atoms with van der Waals surface area (Å²) in [6, 6.07) is 5.08. The summed E-state index contributed by atoms with van der Waals surface area (Å²) < 4.78 is 11.0. The minimum absolute atomic E-state index is 0.152. The second-order valence-corrected chi connectivity index (χ2v) is 5.84. The lowest BCUT2D eigenvalue weighted by Crippen LogP contribution is -2.28. The highest BCUT2D eigenvalue weighted by atomic mass is 16.5. The zero-order valence-electron chi connectivity index (χ0n) is 14.6. The highest BCUT2D eigenvalue weighted by molar-refractivity contribution is 5.88. The molecule has 0 aliphatic rings. The van der Waals surface area contributed by atoms with Gasteiger partial charge in [0.15, 0.2) is 6.61 Å². The average molecular weight is 353 g/mol. The molecule has 1 N–H and O–H groups in total. The van der Waals surface area contributed by atoms with E-state index in [-0.39, 0.29) is 19.1 Å². The standard InChI is InChI=1S/C19H19N3O4/c1-3-13-8-18(24)26-16-7-12(2)6-15(19(13)16)25-11-17(23)22-10-14-9-20-4-5-21-14/h4-9H,3,10-11H2,1-2H3,(H,22,23). The Kier molecular flexibility index (Phi) is 5.26. The molecular weight excluding hydrogens is 334 g/mol. The number of hydrogen-bond donors (Lipinski definition) is 1. The largest absolute Gasteiger partial charge is 0.483 e. The third-order valence-corrected chi connectivity index (χ3v) is 3.86. The van der Waals surface area contributed by atoms with Crippen LogP contribution in [0.1, 0.15) is 23.7 Å². The van der Waals surface area contributed by atoms with E-state index in [0.717, 1.165) is 16.5 Å². The molecule has 2 heterocycles. The summed E-state index contributed by atoms with van der Waals surface area (Å²) in [5.74, 6) is 0.246. The quantitative estimate of drug-likeness (QED) is 0.683. The van der Waals surface area contributed by atoms with Gasteiger partial charge in [0.1, 0.15) is 11.3 Å². The molecule has 0 atom stereocenters. The predicted octanol–water partition coefficient (Wildman–Crippen LogP) is 2.15. The van der Waals surface area contributed by atoms with Crippen LogP contribution in [0, 0.1) is 6.92 Å². The van der Waals surface area contributed by atoms with Gasteiger partial charge in [-0.05, 0) is 36.6 Å². The number of carbonyl (C=O) groups excluding carboxylic acids is 1. The first-order valence-electron chi connectivity index (χ1n) is 8.28. The Morgan fingerprint density at radius 1 is 1.27 bits per heavy atom. The van der Waals surface area contributed by atoms with Gasteiger partial charge in [-0.2, -0.15) is 0 Å². The highest BCUT2D eigenvalue weighted by Gasteiger charge is 2.13. The van der Waals surface area contributed by atoms with Gasteiger partial charge in [0.05, 0.1) is 23.8 Å². The number of aryl methyl sites for hydroxylation is 2. The van der Waals surface area contributed by atoms with E-state index in [9.17, 15) is 9.59 Å². The molecule has 1 amide bonds. The zero-order chi connectivity index (χ0) is 18.5. The molecule has 0 spiro atoms. The Hall–Kier alpha value is -3.22. The van der Waals surface area contributed by atoms with Gasteiger partial charge in [-0.25, -0.2) is 4.79 Å². The van der Waals surface area contributed by atoms with Crippen molar-refractivity contribution in [3.05, 3.63) is 64.0 Å². The van der Waals surface area contributed by atoms with E-state index in [1.807, 2.05) is 19.9 Å².